The highest BCUT2D eigenvalue weighted by atomic mass is 16.6. The maximum atomic E-state index is 13.9. The van der Waals surface area contributed by atoms with Gasteiger partial charge in [-0.15, -0.1) is 0 Å². The number of carbonyl (C=O) groups excluding carboxylic acids is 1. The van der Waals surface area contributed by atoms with Gasteiger partial charge in [-0.2, -0.15) is 0 Å². The van der Waals surface area contributed by atoms with Gasteiger partial charge in [0.25, 0.3) is 0 Å². The average molecular weight is 485 g/mol. The standard InChI is InChI=1S/C30H32N2O4/c1-34-24-13-10-19(17-25(24)35-2)28-27-21(18-30(36-29(27)33)14-6-4-3-5-7-15-30)26-20-9-8-16-31-22(20)11-12-23(26)32-28/h8-13,16-17,28,32H,3-7,14-15,18H2,1-2H3. The summed E-state index contributed by atoms with van der Waals surface area (Å²) in [5, 5.41) is 4.72. The van der Waals surface area contributed by atoms with E-state index in [4.69, 9.17) is 14.2 Å². The van der Waals surface area contributed by atoms with E-state index < -0.39 is 5.60 Å². The molecular formula is C30H32N2O4. The van der Waals surface area contributed by atoms with E-state index in [1.54, 1.807) is 14.2 Å². The molecule has 1 aliphatic carbocycles. The van der Waals surface area contributed by atoms with Gasteiger partial charge in [-0.25, -0.2) is 4.79 Å². The molecule has 0 amide bonds. The predicted octanol–water partition coefficient (Wildman–Crippen LogP) is 6.60. The second-order valence-corrected chi connectivity index (χ2v) is 10.2. The number of esters is 1. The molecule has 3 aromatic rings. The highest BCUT2D eigenvalue weighted by molar-refractivity contribution is 6.09. The van der Waals surface area contributed by atoms with Crippen LogP contribution in [0.4, 0.5) is 5.69 Å². The lowest BCUT2D eigenvalue weighted by molar-refractivity contribution is -0.158. The zero-order chi connectivity index (χ0) is 24.7. The summed E-state index contributed by atoms with van der Waals surface area (Å²) in [7, 11) is 3.25. The third-order valence-electron chi connectivity index (χ3n) is 8.03. The first-order valence-corrected chi connectivity index (χ1v) is 13.0. The molecular weight excluding hydrogens is 452 g/mol. The summed E-state index contributed by atoms with van der Waals surface area (Å²) in [5.41, 5.74) is 5.33. The molecule has 186 valence electrons. The predicted molar refractivity (Wildman–Crippen MR) is 140 cm³/mol. The van der Waals surface area contributed by atoms with Gasteiger partial charge in [0.1, 0.15) is 5.60 Å². The minimum atomic E-state index is -0.433. The summed E-state index contributed by atoms with van der Waals surface area (Å²) < 4.78 is 17.4. The number of fused-ring (bicyclic) bond motifs is 4. The molecule has 1 aromatic heterocycles. The fourth-order valence-corrected chi connectivity index (χ4v) is 6.28. The summed E-state index contributed by atoms with van der Waals surface area (Å²) >= 11 is 0. The van der Waals surface area contributed by atoms with Crippen molar-refractivity contribution in [2.45, 2.75) is 63.0 Å². The van der Waals surface area contributed by atoms with Crippen molar-refractivity contribution < 1.29 is 19.0 Å². The lowest BCUT2D eigenvalue weighted by Crippen LogP contribution is -2.43. The molecule has 0 radical (unpaired) electrons. The molecule has 3 heterocycles. The Morgan fingerprint density at radius 3 is 2.53 bits per heavy atom. The monoisotopic (exact) mass is 484 g/mol. The van der Waals surface area contributed by atoms with Crippen molar-refractivity contribution in [2.24, 2.45) is 0 Å². The van der Waals surface area contributed by atoms with E-state index >= 15 is 0 Å². The Labute approximate surface area is 211 Å². The van der Waals surface area contributed by atoms with Gasteiger partial charge in [-0.05, 0) is 67.2 Å². The molecule has 6 nitrogen and oxygen atoms in total. The number of anilines is 1. The lowest BCUT2D eigenvalue weighted by atomic mass is 9.74. The van der Waals surface area contributed by atoms with Gasteiger partial charge in [-0.3, -0.25) is 4.98 Å². The lowest BCUT2D eigenvalue weighted by Gasteiger charge is -2.44. The van der Waals surface area contributed by atoms with Gasteiger partial charge >= 0.3 is 5.97 Å². The van der Waals surface area contributed by atoms with Crippen LogP contribution >= 0.6 is 0 Å². The fourth-order valence-electron chi connectivity index (χ4n) is 6.28. The number of nitrogens with zero attached hydrogens (tertiary/aromatic N) is 1. The molecule has 2 aromatic carbocycles. The number of hydrogen-bond donors (Lipinski definition) is 1. The Balaban J connectivity index is 1.54. The minimum absolute atomic E-state index is 0.212. The number of pyridine rings is 1. The van der Waals surface area contributed by atoms with Gasteiger partial charge in [0, 0.05) is 29.3 Å². The molecule has 0 saturated heterocycles. The molecule has 6 heteroatoms. The van der Waals surface area contributed by atoms with Crippen molar-refractivity contribution in [3.05, 3.63) is 65.4 Å². The summed E-state index contributed by atoms with van der Waals surface area (Å²) in [6.07, 6.45) is 10.2. The molecule has 0 bridgehead atoms. The molecule has 3 aliphatic rings. The van der Waals surface area contributed by atoms with Crippen molar-refractivity contribution in [3.63, 3.8) is 0 Å². The van der Waals surface area contributed by atoms with Crippen LogP contribution in [-0.4, -0.2) is 30.8 Å². The molecule has 1 spiro atoms. The summed E-state index contributed by atoms with van der Waals surface area (Å²) in [5.74, 6) is 1.08. The molecule has 2 aliphatic heterocycles. The first kappa shape index (κ1) is 22.9. The second kappa shape index (κ2) is 9.16. The number of aromatic nitrogens is 1. The number of ether oxygens (including phenoxy) is 3. The Hall–Kier alpha value is -3.54. The van der Waals surface area contributed by atoms with Crippen LogP contribution in [0.3, 0.4) is 0 Å². The first-order valence-electron chi connectivity index (χ1n) is 13.0. The number of methoxy groups -OCH3 is 2. The zero-order valence-electron chi connectivity index (χ0n) is 20.9. The smallest absolute Gasteiger partial charge is 0.337 e. The maximum absolute atomic E-state index is 13.9. The van der Waals surface area contributed by atoms with Crippen molar-refractivity contribution in [3.8, 4) is 11.5 Å². The SMILES string of the molecule is COc1ccc(C2Nc3ccc4ncccc4c3C3=C2C(=O)OC2(CCCCCCC2)C3)cc1OC. The van der Waals surface area contributed by atoms with Crippen molar-refractivity contribution in [1.29, 1.82) is 0 Å². The topological polar surface area (TPSA) is 69.7 Å². The first-order chi connectivity index (χ1) is 17.6. The van der Waals surface area contributed by atoms with Crippen LogP contribution in [0, 0.1) is 0 Å². The average Bonchev–Trinajstić information content (AvgIpc) is 2.89. The van der Waals surface area contributed by atoms with E-state index in [-0.39, 0.29) is 12.0 Å². The van der Waals surface area contributed by atoms with Crippen molar-refractivity contribution in [2.75, 3.05) is 19.5 Å². The van der Waals surface area contributed by atoms with Gasteiger partial charge in [0.2, 0.25) is 0 Å². The number of carbonyl (C=O) groups is 1. The highest BCUT2D eigenvalue weighted by Gasteiger charge is 2.46. The van der Waals surface area contributed by atoms with E-state index in [2.05, 4.69) is 22.4 Å². The zero-order valence-corrected chi connectivity index (χ0v) is 20.9. The van der Waals surface area contributed by atoms with E-state index in [9.17, 15) is 4.79 Å². The number of benzene rings is 2. The summed E-state index contributed by atoms with van der Waals surface area (Å²) in [6.45, 7) is 0. The molecule has 1 unspecified atom stereocenters. The Morgan fingerprint density at radius 1 is 0.972 bits per heavy atom. The van der Waals surface area contributed by atoms with Crippen LogP contribution < -0.4 is 14.8 Å². The normalized spacial score (nSPS) is 21.1. The fraction of sp³-hybridized carbons (Fsp3) is 0.400. The third-order valence-corrected chi connectivity index (χ3v) is 8.03. The molecule has 6 rings (SSSR count). The van der Waals surface area contributed by atoms with Crippen molar-refractivity contribution in [1.82, 2.24) is 4.98 Å². The van der Waals surface area contributed by atoms with Crippen LogP contribution in [0.5, 0.6) is 11.5 Å². The van der Waals surface area contributed by atoms with Crippen LogP contribution in [0.2, 0.25) is 0 Å². The van der Waals surface area contributed by atoms with Crippen LogP contribution in [-0.2, 0) is 9.53 Å². The maximum Gasteiger partial charge on any atom is 0.337 e. The van der Waals surface area contributed by atoms with E-state index in [1.807, 2.05) is 36.5 Å². The minimum Gasteiger partial charge on any atom is -0.493 e. The van der Waals surface area contributed by atoms with Gasteiger partial charge in [0.05, 0.1) is 31.4 Å². The summed E-state index contributed by atoms with van der Waals surface area (Å²) in [4.78, 5) is 18.5. The van der Waals surface area contributed by atoms with E-state index in [1.165, 1.54) is 19.3 Å². The van der Waals surface area contributed by atoms with Crippen molar-refractivity contribution >= 4 is 28.1 Å². The number of hydrogen-bond acceptors (Lipinski definition) is 6. The Bertz CT molecular complexity index is 1350. The highest BCUT2D eigenvalue weighted by Crippen LogP contribution is 2.52. The van der Waals surface area contributed by atoms with Gasteiger partial charge in [0.15, 0.2) is 11.5 Å². The van der Waals surface area contributed by atoms with Gasteiger partial charge in [-0.1, -0.05) is 31.4 Å². The van der Waals surface area contributed by atoms with E-state index in [0.29, 0.717) is 17.1 Å². The quantitative estimate of drug-likeness (QED) is 0.422. The largest absolute Gasteiger partial charge is 0.493 e. The second-order valence-electron chi connectivity index (χ2n) is 10.2. The molecule has 1 atom stereocenters. The van der Waals surface area contributed by atoms with Crippen LogP contribution in [0.1, 0.15) is 68.5 Å². The Kier molecular flexibility index (Phi) is 5.82. The van der Waals surface area contributed by atoms with Crippen LogP contribution in [0.15, 0.2) is 54.2 Å². The molecule has 1 N–H and O–H groups in total. The van der Waals surface area contributed by atoms with E-state index in [0.717, 1.165) is 65.4 Å². The van der Waals surface area contributed by atoms with Crippen LogP contribution in [0.25, 0.3) is 16.5 Å². The number of nitrogens with one attached hydrogen (secondary N) is 1. The molecule has 36 heavy (non-hydrogen) atoms. The summed E-state index contributed by atoms with van der Waals surface area (Å²) in [6, 6.07) is 13.7. The molecule has 1 fully saturated rings. The van der Waals surface area contributed by atoms with Gasteiger partial charge < -0.3 is 19.5 Å². The third kappa shape index (κ3) is 3.80. The molecule has 1 saturated carbocycles. The Morgan fingerprint density at radius 2 is 1.75 bits per heavy atom. The number of rotatable bonds is 3.